The maximum atomic E-state index is 12.0. The Kier molecular flexibility index (Phi) is 4.12. The maximum Gasteiger partial charge on any atom is 0.387 e. The largest absolute Gasteiger partial charge is 0.435 e. The average Bonchev–Trinajstić information content (AvgIpc) is 2.85. The van der Waals surface area contributed by atoms with E-state index in [1.165, 1.54) is 12.1 Å². The van der Waals surface area contributed by atoms with Gasteiger partial charge in [0.1, 0.15) is 5.75 Å². The molecule has 0 aliphatic carbocycles. The highest BCUT2D eigenvalue weighted by atomic mass is 19.3. The summed E-state index contributed by atoms with van der Waals surface area (Å²) < 4.78 is 29.8. The molecule has 0 unspecified atom stereocenters. The van der Waals surface area contributed by atoms with Crippen LogP contribution in [0.2, 0.25) is 0 Å². The lowest BCUT2D eigenvalue weighted by Gasteiger charge is -2.07. The van der Waals surface area contributed by atoms with Crippen LogP contribution in [0.25, 0.3) is 6.20 Å². The van der Waals surface area contributed by atoms with Gasteiger partial charge in [-0.25, -0.2) is 4.68 Å². The van der Waals surface area contributed by atoms with E-state index in [1.54, 1.807) is 29.2 Å². The first-order valence-electron chi connectivity index (χ1n) is 5.61. The van der Waals surface area contributed by atoms with E-state index in [1.807, 2.05) is 6.20 Å². The molecule has 0 amide bonds. The van der Waals surface area contributed by atoms with Crippen LogP contribution in [0.3, 0.4) is 0 Å². The molecule has 2 aromatic rings. The van der Waals surface area contributed by atoms with Crippen LogP contribution in [0.5, 0.6) is 5.75 Å². The fourth-order valence-corrected chi connectivity index (χ4v) is 1.53. The highest BCUT2D eigenvalue weighted by Gasteiger charge is 2.03. The normalized spacial score (nSPS) is 10.5. The molecular formula is C13H13F2N3O. The van der Waals surface area contributed by atoms with Crippen molar-refractivity contribution in [2.24, 2.45) is 0 Å². The molecule has 0 aliphatic heterocycles. The minimum atomic E-state index is -2.80. The Morgan fingerprint density at radius 1 is 1.37 bits per heavy atom. The average molecular weight is 265 g/mol. The molecule has 0 saturated carbocycles. The third-order valence-corrected chi connectivity index (χ3v) is 2.42. The van der Waals surface area contributed by atoms with Gasteiger partial charge in [0.05, 0.1) is 6.20 Å². The van der Waals surface area contributed by atoms with Crippen molar-refractivity contribution in [3.63, 3.8) is 0 Å². The summed E-state index contributed by atoms with van der Waals surface area (Å²) in [5, 5.41) is 7.20. The Morgan fingerprint density at radius 3 is 2.68 bits per heavy atom. The fraction of sp³-hybridized carbons (Fsp3) is 0.154. The van der Waals surface area contributed by atoms with Gasteiger partial charge in [0.25, 0.3) is 0 Å². The van der Waals surface area contributed by atoms with Gasteiger partial charge in [-0.1, -0.05) is 6.58 Å². The molecule has 4 nitrogen and oxygen atoms in total. The van der Waals surface area contributed by atoms with Crippen molar-refractivity contribution in [2.45, 2.75) is 13.2 Å². The van der Waals surface area contributed by atoms with Gasteiger partial charge in [-0.2, -0.15) is 13.9 Å². The van der Waals surface area contributed by atoms with Crippen molar-refractivity contribution in [1.82, 2.24) is 9.78 Å². The maximum absolute atomic E-state index is 12.0. The number of hydrogen-bond donors (Lipinski definition) is 1. The number of benzene rings is 1. The van der Waals surface area contributed by atoms with E-state index >= 15 is 0 Å². The molecule has 0 radical (unpaired) electrons. The summed E-state index contributed by atoms with van der Waals surface area (Å²) >= 11 is 0. The predicted molar refractivity (Wildman–Crippen MR) is 69.0 cm³/mol. The van der Waals surface area contributed by atoms with Gasteiger partial charge in [0.15, 0.2) is 0 Å². The van der Waals surface area contributed by atoms with Gasteiger partial charge in [0.2, 0.25) is 0 Å². The number of hydrogen-bond acceptors (Lipinski definition) is 3. The van der Waals surface area contributed by atoms with Crippen molar-refractivity contribution in [2.75, 3.05) is 5.32 Å². The van der Waals surface area contributed by atoms with Crippen molar-refractivity contribution < 1.29 is 13.5 Å². The highest BCUT2D eigenvalue weighted by molar-refractivity contribution is 5.46. The Morgan fingerprint density at radius 2 is 2.11 bits per heavy atom. The van der Waals surface area contributed by atoms with Crippen LogP contribution >= 0.6 is 0 Å². The number of ether oxygens (including phenoxy) is 1. The molecule has 0 fully saturated rings. The monoisotopic (exact) mass is 265 g/mol. The molecular weight excluding hydrogens is 252 g/mol. The number of anilines is 1. The lowest BCUT2D eigenvalue weighted by atomic mass is 10.3. The van der Waals surface area contributed by atoms with E-state index < -0.39 is 6.61 Å². The third kappa shape index (κ3) is 3.80. The lowest BCUT2D eigenvalue weighted by molar-refractivity contribution is -0.0498. The summed E-state index contributed by atoms with van der Waals surface area (Å²) in [6.07, 6.45) is 5.16. The Labute approximate surface area is 109 Å². The highest BCUT2D eigenvalue weighted by Crippen LogP contribution is 2.18. The molecule has 1 aromatic carbocycles. The molecule has 0 bridgehead atoms. The zero-order valence-electron chi connectivity index (χ0n) is 10.1. The molecule has 1 heterocycles. The van der Waals surface area contributed by atoms with E-state index in [0.717, 1.165) is 11.3 Å². The topological polar surface area (TPSA) is 39.1 Å². The minimum Gasteiger partial charge on any atom is -0.435 e. The van der Waals surface area contributed by atoms with Crippen LogP contribution in [-0.2, 0) is 6.54 Å². The fourth-order valence-electron chi connectivity index (χ4n) is 1.53. The first-order valence-corrected chi connectivity index (χ1v) is 5.61. The molecule has 0 aliphatic rings. The Hall–Kier alpha value is -2.37. The van der Waals surface area contributed by atoms with Gasteiger partial charge in [-0.3, -0.25) is 0 Å². The second kappa shape index (κ2) is 5.99. The summed E-state index contributed by atoms with van der Waals surface area (Å²) in [6, 6.07) is 6.33. The van der Waals surface area contributed by atoms with E-state index in [4.69, 9.17) is 0 Å². The molecule has 1 aromatic heterocycles. The molecule has 6 heteroatoms. The van der Waals surface area contributed by atoms with Crippen molar-refractivity contribution in [3.8, 4) is 5.75 Å². The zero-order valence-corrected chi connectivity index (χ0v) is 10.1. The second-order valence-electron chi connectivity index (χ2n) is 3.77. The molecule has 100 valence electrons. The van der Waals surface area contributed by atoms with E-state index in [0.29, 0.717) is 6.54 Å². The molecule has 0 spiro atoms. The number of alkyl halides is 2. The second-order valence-corrected chi connectivity index (χ2v) is 3.77. The van der Waals surface area contributed by atoms with Crippen molar-refractivity contribution in [1.29, 1.82) is 0 Å². The van der Waals surface area contributed by atoms with Gasteiger partial charge in [-0.15, -0.1) is 0 Å². The summed E-state index contributed by atoms with van der Waals surface area (Å²) in [5.41, 5.74) is 1.81. The molecule has 0 atom stereocenters. The lowest BCUT2D eigenvalue weighted by Crippen LogP contribution is -2.02. The van der Waals surface area contributed by atoms with Gasteiger partial charge in [0, 0.05) is 30.2 Å². The van der Waals surface area contributed by atoms with Crippen LogP contribution in [0, 0.1) is 0 Å². The Bertz CT molecular complexity index is 537. The zero-order chi connectivity index (χ0) is 13.7. The quantitative estimate of drug-likeness (QED) is 0.871. The van der Waals surface area contributed by atoms with E-state index in [9.17, 15) is 8.78 Å². The van der Waals surface area contributed by atoms with Crippen LogP contribution in [0.4, 0.5) is 14.5 Å². The summed E-state index contributed by atoms with van der Waals surface area (Å²) in [5.74, 6) is 0.139. The van der Waals surface area contributed by atoms with Crippen LogP contribution < -0.4 is 10.1 Å². The smallest absolute Gasteiger partial charge is 0.387 e. The standard InChI is InChI=1S/C13H13F2N3O/c1-2-18-9-10(8-17-18)7-16-11-3-5-12(6-4-11)19-13(14)15/h2-6,8-9,13,16H,1,7H2. The SMILES string of the molecule is C=Cn1cc(CNc2ccc(OC(F)F)cc2)cn1. The molecule has 0 saturated heterocycles. The number of halogens is 2. The van der Waals surface area contributed by atoms with Crippen molar-refractivity contribution in [3.05, 3.63) is 48.8 Å². The Balaban J connectivity index is 1.90. The molecule has 2 rings (SSSR count). The summed E-state index contributed by atoms with van der Waals surface area (Å²) in [7, 11) is 0. The van der Waals surface area contributed by atoms with Crippen LogP contribution in [-0.4, -0.2) is 16.4 Å². The number of nitrogens with one attached hydrogen (secondary N) is 1. The van der Waals surface area contributed by atoms with Crippen molar-refractivity contribution >= 4 is 11.9 Å². The molecule has 19 heavy (non-hydrogen) atoms. The summed E-state index contributed by atoms with van der Waals surface area (Å²) in [4.78, 5) is 0. The van der Waals surface area contributed by atoms with Gasteiger partial charge in [-0.05, 0) is 24.3 Å². The predicted octanol–water partition coefficient (Wildman–Crippen LogP) is 3.20. The van der Waals surface area contributed by atoms with Gasteiger partial charge < -0.3 is 10.1 Å². The number of rotatable bonds is 6. The number of aromatic nitrogens is 2. The van der Waals surface area contributed by atoms with Crippen LogP contribution in [0.15, 0.2) is 43.2 Å². The van der Waals surface area contributed by atoms with Gasteiger partial charge >= 0.3 is 6.61 Å². The van der Waals surface area contributed by atoms with E-state index in [2.05, 4.69) is 21.7 Å². The first kappa shape index (κ1) is 13.1. The van der Waals surface area contributed by atoms with Crippen LogP contribution in [0.1, 0.15) is 5.56 Å². The summed E-state index contributed by atoms with van der Waals surface area (Å²) in [6.45, 7) is 1.38. The number of nitrogens with zero attached hydrogens (tertiary/aromatic N) is 2. The van der Waals surface area contributed by atoms with E-state index in [-0.39, 0.29) is 5.75 Å². The first-order chi connectivity index (χ1) is 9.17. The third-order valence-electron chi connectivity index (χ3n) is 2.42. The minimum absolute atomic E-state index is 0.139. The molecule has 1 N–H and O–H groups in total.